The number of halogens is 2. The average molecular weight is 429 g/mol. The summed E-state index contributed by atoms with van der Waals surface area (Å²) >= 11 is 12.0. The molecule has 1 aliphatic heterocycles. The van der Waals surface area contributed by atoms with E-state index in [1.165, 1.54) is 19.2 Å². The molecule has 0 atom stereocenters. The van der Waals surface area contributed by atoms with Gasteiger partial charge in [-0.15, -0.1) is 0 Å². The Bertz CT molecular complexity index is 1150. The molecule has 4 rings (SSSR count). The summed E-state index contributed by atoms with van der Waals surface area (Å²) in [4.78, 5) is 25.3. The largest absolute Gasteiger partial charge is 0.496 e. The molecular weight excluding hydrogens is 415 g/mol. The molecule has 29 heavy (non-hydrogen) atoms. The van der Waals surface area contributed by atoms with Crippen LogP contribution in [-0.4, -0.2) is 18.9 Å². The van der Waals surface area contributed by atoms with Gasteiger partial charge in [0.2, 0.25) is 0 Å². The zero-order valence-electron chi connectivity index (χ0n) is 15.1. The maximum Gasteiger partial charge on any atom is 0.259 e. The van der Waals surface area contributed by atoms with Gasteiger partial charge in [0.25, 0.3) is 11.8 Å². The predicted molar refractivity (Wildman–Crippen MR) is 112 cm³/mol. The Morgan fingerprint density at radius 3 is 2.52 bits per heavy atom. The molecule has 0 spiro atoms. The Morgan fingerprint density at radius 2 is 1.72 bits per heavy atom. The number of benzene rings is 3. The number of methoxy groups -OCH3 is 1. The third kappa shape index (κ3) is 3.85. The Kier molecular flexibility index (Phi) is 5.05. The number of hydrogen-bond acceptors (Lipinski definition) is 4. The van der Waals surface area contributed by atoms with Crippen LogP contribution in [0.2, 0.25) is 10.0 Å². The molecule has 8 heteroatoms. The molecule has 0 aliphatic carbocycles. The number of ether oxygens (including phenoxy) is 2. The predicted octanol–water partition coefficient (Wildman–Crippen LogP) is 5.61. The van der Waals surface area contributed by atoms with Gasteiger partial charge in [0.1, 0.15) is 11.5 Å². The average Bonchev–Trinajstić information content (AvgIpc) is 2.83. The van der Waals surface area contributed by atoms with Crippen LogP contribution in [0.1, 0.15) is 20.7 Å². The van der Waals surface area contributed by atoms with Gasteiger partial charge >= 0.3 is 0 Å². The molecule has 0 unspecified atom stereocenters. The molecule has 1 heterocycles. The number of amides is 2. The van der Waals surface area contributed by atoms with Crippen LogP contribution in [0.3, 0.4) is 0 Å². The topological polar surface area (TPSA) is 76.7 Å². The minimum Gasteiger partial charge on any atom is -0.496 e. The Balaban J connectivity index is 1.63. The van der Waals surface area contributed by atoms with E-state index in [1.807, 2.05) is 0 Å². The first-order chi connectivity index (χ1) is 13.9. The molecular formula is C21H14Cl2N2O4. The summed E-state index contributed by atoms with van der Waals surface area (Å²) in [6, 6.07) is 14.5. The van der Waals surface area contributed by atoms with E-state index in [9.17, 15) is 9.59 Å². The van der Waals surface area contributed by atoms with Crippen LogP contribution in [0.25, 0.3) is 0 Å². The van der Waals surface area contributed by atoms with E-state index in [4.69, 9.17) is 32.7 Å². The van der Waals surface area contributed by atoms with Crippen LogP contribution in [0.15, 0.2) is 54.6 Å². The van der Waals surface area contributed by atoms with Crippen molar-refractivity contribution in [2.45, 2.75) is 0 Å². The minimum atomic E-state index is -0.422. The molecule has 0 fully saturated rings. The summed E-state index contributed by atoms with van der Waals surface area (Å²) in [5, 5.41) is 6.38. The van der Waals surface area contributed by atoms with E-state index in [1.54, 1.807) is 42.5 Å². The quantitative estimate of drug-likeness (QED) is 0.567. The number of carbonyl (C=O) groups excluding carboxylic acids is 2. The summed E-state index contributed by atoms with van der Waals surface area (Å²) in [5.41, 5.74) is 1.43. The van der Waals surface area contributed by atoms with Gasteiger partial charge in [-0.25, -0.2) is 0 Å². The molecule has 0 saturated carbocycles. The van der Waals surface area contributed by atoms with Gasteiger partial charge in [0.05, 0.1) is 23.9 Å². The number of carbonyl (C=O) groups is 2. The molecule has 0 aromatic heterocycles. The molecule has 6 nitrogen and oxygen atoms in total. The Morgan fingerprint density at radius 1 is 1.00 bits per heavy atom. The van der Waals surface area contributed by atoms with Crippen molar-refractivity contribution in [3.8, 4) is 17.2 Å². The molecule has 3 aromatic rings. The summed E-state index contributed by atoms with van der Waals surface area (Å²) < 4.78 is 11.0. The minimum absolute atomic E-state index is 0.271. The van der Waals surface area contributed by atoms with Crippen LogP contribution in [0.4, 0.5) is 11.4 Å². The summed E-state index contributed by atoms with van der Waals surface area (Å²) in [6.07, 6.45) is 0. The Labute approximate surface area is 176 Å². The molecule has 0 bridgehead atoms. The number of anilines is 2. The summed E-state index contributed by atoms with van der Waals surface area (Å²) in [5.74, 6) is 0.422. The first-order valence-electron chi connectivity index (χ1n) is 8.52. The lowest BCUT2D eigenvalue weighted by atomic mass is 10.1. The van der Waals surface area contributed by atoms with E-state index in [2.05, 4.69) is 10.6 Å². The van der Waals surface area contributed by atoms with Crippen molar-refractivity contribution in [2.75, 3.05) is 17.7 Å². The van der Waals surface area contributed by atoms with Crippen molar-refractivity contribution in [1.82, 2.24) is 0 Å². The van der Waals surface area contributed by atoms with Crippen LogP contribution in [0.5, 0.6) is 17.2 Å². The van der Waals surface area contributed by atoms with Crippen molar-refractivity contribution >= 4 is 46.4 Å². The van der Waals surface area contributed by atoms with Crippen LogP contribution in [0, 0.1) is 0 Å². The molecule has 2 amide bonds. The maximum absolute atomic E-state index is 12.7. The molecule has 0 saturated heterocycles. The summed E-state index contributed by atoms with van der Waals surface area (Å²) in [6.45, 7) is 0. The zero-order chi connectivity index (χ0) is 20.5. The van der Waals surface area contributed by atoms with Crippen molar-refractivity contribution in [3.63, 3.8) is 0 Å². The normalized spacial score (nSPS) is 12.0. The second-order valence-corrected chi connectivity index (χ2v) is 7.08. The van der Waals surface area contributed by atoms with Gasteiger partial charge in [-0.05, 0) is 54.6 Å². The fourth-order valence-electron chi connectivity index (χ4n) is 2.93. The van der Waals surface area contributed by atoms with E-state index >= 15 is 0 Å². The van der Waals surface area contributed by atoms with Crippen molar-refractivity contribution < 1.29 is 19.1 Å². The fourth-order valence-corrected chi connectivity index (χ4v) is 3.27. The number of fused-ring (bicyclic) bond motifs is 2. The SMILES string of the molecule is COc1ccc(Cl)cc1C(=O)Nc1ccc2c(c1)C(=O)Nc1cc(Cl)ccc1O2. The number of rotatable bonds is 3. The standard InChI is InChI=1S/C21H14Cl2N2O4/c1-28-17-5-2-11(22)8-14(17)20(26)24-13-4-7-18-15(10-13)21(27)25-16-9-12(23)3-6-19(16)29-18/h2-10H,1H3,(H,24,26)(H,25,27). The van der Waals surface area contributed by atoms with E-state index in [0.717, 1.165) is 0 Å². The lowest BCUT2D eigenvalue weighted by Crippen LogP contribution is -2.15. The number of hydrogen-bond donors (Lipinski definition) is 2. The van der Waals surface area contributed by atoms with Gasteiger partial charge in [0, 0.05) is 15.7 Å². The third-order valence-electron chi connectivity index (χ3n) is 4.30. The third-order valence-corrected chi connectivity index (χ3v) is 4.77. The molecule has 1 aliphatic rings. The monoisotopic (exact) mass is 428 g/mol. The van der Waals surface area contributed by atoms with Crippen LogP contribution in [-0.2, 0) is 0 Å². The maximum atomic E-state index is 12.7. The smallest absolute Gasteiger partial charge is 0.259 e. The molecule has 146 valence electrons. The van der Waals surface area contributed by atoms with Crippen LogP contribution >= 0.6 is 23.2 Å². The first-order valence-corrected chi connectivity index (χ1v) is 9.28. The van der Waals surface area contributed by atoms with Gasteiger partial charge in [-0.2, -0.15) is 0 Å². The second kappa shape index (κ2) is 7.66. The van der Waals surface area contributed by atoms with E-state index < -0.39 is 5.91 Å². The van der Waals surface area contributed by atoms with E-state index in [0.29, 0.717) is 38.7 Å². The van der Waals surface area contributed by atoms with Crippen molar-refractivity contribution in [1.29, 1.82) is 0 Å². The van der Waals surface area contributed by atoms with Crippen LogP contribution < -0.4 is 20.1 Å². The fraction of sp³-hybridized carbons (Fsp3) is 0.0476. The second-order valence-electron chi connectivity index (χ2n) is 6.21. The molecule has 0 radical (unpaired) electrons. The van der Waals surface area contributed by atoms with Crippen molar-refractivity contribution in [2.24, 2.45) is 0 Å². The summed E-state index contributed by atoms with van der Waals surface area (Å²) in [7, 11) is 1.47. The molecule has 3 aromatic carbocycles. The van der Waals surface area contributed by atoms with Gasteiger partial charge < -0.3 is 20.1 Å². The van der Waals surface area contributed by atoms with Crippen molar-refractivity contribution in [3.05, 3.63) is 75.8 Å². The lowest BCUT2D eigenvalue weighted by Gasteiger charge is -2.12. The van der Waals surface area contributed by atoms with E-state index in [-0.39, 0.29) is 17.0 Å². The highest BCUT2D eigenvalue weighted by Crippen LogP contribution is 2.38. The van der Waals surface area contributed by atoms with Gasteiger partial charge in [-0.1, -0.05) is 23.2 Å². The highest BCUT2D eigenvalue weighted by atomic mass is 35.5. The lowest BCUT2D eigenvalue weighted by molar-refractivity contribution is 0.101. The highest BCUT2D eigenvalue weighted by molar-refractivity contribution is 6.31. The van der Waals surface area contributed by atoms with Gasteiger partial charge in [-0.3, -0.25) is 9.59 Å². The first kappa shape index (κ1) is 19.1. The molecule has 2 N–H and O–H groups in total. The number of nitrogens with one attached hydrogen (secondary N) is 2. The highest BCUT2D eigenvalue weighted by Gasteiger charge is 2.22. The Hall–Kier alpha value is -3.22. The zero-order valence-corrected chi connectivity index (χ0v) is 16.6. The van der Waals surface area contributed by atoms with Gasteiger partial charge in [0.15, 0.2) is 5.75 Å².